The highest BCUT2D eigenvalue weighted by Gasteiger charge is 2.41. The van der Waals surface area contributed by atoms with Crippen molar-refractivity contribution < 1.29 is 0 Å². The van der Waals surface area contributed by atoms with Gasteiger partial charge in [-0.15, -0.1) is 10.2 Å². The van der Waals surface area contributed by atoms with Gasteiger partial charge >= 0.3 is 0 Å². The molecule has 94 valence electrons. The van der Waals surface area contributed by atoms with Crippen LogP contribution in [0.25, 0.3) is 5.65 Å². The van der Waals surface area contributed by atoms with E-state index in [4.69, 9.17) is 5.10 Å². The summed E-state index contributed by atoms with van der Waals surface area (Å²) in [6.07, 6.45) is 6.23. The topological polar surface area (TPSA) is 43.1 Å². The second-order valence-electron chi connectivity index (χ2n) is 5.71. The van der Waals surface area contributed by atoms with Gasteiger partial charge in [0.1, 0.15) is 0 Å². The molecule has 2 aromatic heterocycles. The Balaban J connectivity index is 2.06. The highest BCUT2D eigenvalue weighted by molar-refractivity contribution is 5.59. The zero-order valence-electron chi connectivity index (χ0n) is 11.0. The van der Waals surface area contributed by atoms with Gasteiger partial charge in [-0.05, 0) is 50.0 Å². The van der Waals surface area contributed by atoms with E-state index >= 15 is 0 Å². The first-order valence-corrected chi connectivity index (χ1v) is 7.04. The minimum absolute atomic E-state index is 0.717. The monoisotopic (exact) mass is 242 g/mol. The summed E-state index contributed by atoms with van der Waals surface area (Å²) in [5.41, 5.74) is 5.34. The molecule has 2 unspecified atom stereocenters. The smallest absolute Gasteiger partial charge is 0.181 e. The predicted molar refractivity (Wildman–Crippen MR) is 68.8 cm³/mol. The quantitative estimate of drug-likeness (QED) is 0.813. The van der Waals surface area contributed by atoms with Crippen LogP contribution in [0.2, 0.25) is 0 Å². The average molecular weight is 242 g/mol. The molecule has 2 aliphatic rings. The van der Waals surface area contributed by atoms with Gasteiger partial charge in [-0.1, -0.05) is 13.3 Å². The fraction of sp³-hybridized carbons (Fsp3) is 0.643. The van der Waals surface area contributed by atoms with E-state index in [1.165, 1.54) is 36.1 Å². The van der Waals surface area contributed by atoms with Gasteiger partial charge in [0.05, 0.1) is 5.69 Å². The van der Waals surface area contributed by atoms with Crippen molar-refractivity contribution in [3.63, 3.8) is 0 Å². The molecule has 0 aliphatic heterocycles. The number of nitrogens with zero attached hydrogens (tertiary/aromatic N) is 4. The van der Waals surface area contributed by atoms with Crippen LogP contribution in [-0.4, -0.2) is 19.8 Å². The number of aryl methyl sites for hydroxylation is 2. The molecule has 0 N–H and O–H groups in total. The number of hydrogen-bond donors (Lipinski definition) is 0. The first-order chi connectivity index (χ1) is 8.79. The average Bonchev–Trinajstić information content (AvgIpc) is 3.05. The Kier molecular flexibility index (Phi) is 2.05. The minimum Gasteiger partial charge on any atom is -0.197 e. The van der Waals surface area contributed by atoms with Gasteiger partial charge in [-0.2, -0.15) is 9.61 Å². The SMILES string of the molecule is CCCc1nn2c(C)nnc2c2c1C1CCC2C1. The van der Waals surface area contributed by atoms with Gasteiger partial charge in [0, 0.05) is 5.56 Å². The Morgan fingerprint density at radius 2 is 1.94 bits per heavy atom. The molecule has 4 nitrogen and oxygen atoms in total. The Labute approximate surface area is 106 Å². The van der Waals surface area contributed by atoms with E-state index in [2.05, 4.69) is 17.1 Å². The van der Waals surface area contributed by atoms with Crippen LogP contribution in [-0.2, 0) is 6.42 Å². The van der Waals surface area contributed by atoms with Gasteiger partial charge in [0.2, 0.25) is 0 Å². The van der Waals surface area contributed by atoms with Crippen molar-refractivity contribution in [1.29, 1.82) is 0 Å². The van der Waals surface area contributed by atoms with E-state index in [1.54, 1.807) is 0 Å². The van der Waals surface area contributed by atoms with Crippen molar-refractivity contribution in [2.45, 2.75) is 57.8 Å². The normalized spacial score (nSPS) is 25.0. The van der Waals surface area contributed by atoms with Crippen LogP contribution in [0.15, 0.2) is 0 Å². The summed E-state index contributed by atoms with van der Waals surface area (Å²) in [5, 5.41) is 13.4. The van der Waals surface area contributed by atoms with E-state index < -0.39 is 0 Å². The van der Waals surface area contributed by atoms with Crippen LogP contribution in [0.5, 0.6) is 0 Å². The fourth-order valence-corrected chi connectivity index (χ4v) is 3.88. The van der Waals surface area contributed by atoms with Crippen molar-refractivity contribution in [2.75, 3.05) is 0 Å². The first-order valence-electron chi connectivity index (χ1n) is 7.04. The summed E-state index contributed by atoms with van der Waals surface area (Å²) in [6, 6.07) is 0. The second kappa shape index (κ2) is 3.53. The van der Waals surface area contributed by atoms with E-state index in [-0.39, 0.29) is 0 Å². The lowest BCUT2D eigenvalue weighted by Crippen LogP contribution is -2.11. The van der Waals surface area contributed by atoms with E-state index in [1.807, 2.05) is 11.4 Å². The Morgan fingerprint density at radius 3 is 2.72 bits per heavy atom. The summed E-state index contributed by atoms with van der Waals surface area (Å²) < 4.78 is 1.96. The maximum Gasteiger partial charge on any atom is 0.181 e. The molecular formula is C14H18N4. The largest absolute Gasteiger partial charge is 0.197 e. The molecule has 2 aromatic rings. The predicted octanol–water partition coefficient (Wildman–Crippen LogP) is 2.75. The van der Waals surface area contributed by atoms with Crippen LogP contribution in [0.4, 0.5) is 0 Å². The van der Waals surface area contributed by atoms with Crippen molar-refractivity contribution >= 4 is 5.65 Å². The van der Waals surface area contributed by atoms with Gasteiger partial charge in [-0.25, -0.2) is 0 Å². The van der Waals surface area contributed by atoms with Crippen LogP contribution < -0.4 is 0 Å². The summed E-state index contributed by atoms with van der Waals surface area (Å²) in [7, 11) is 0. The molecule has 2 heterocycles. The lowest BCUT2D eigenvalue weighted by Gasteiger charge is -2.18. The molecule has 4 heteroatoms. The van der Waals surface area contributed by atoms with E-state index in [9.17, 15) is 0 Å². The molecule has 0 spiro atoms. The molecule has 0 amide bonds. The zero-order valence-corrected chi connectivity index (χ0v) is 11.0. The minimum atomic E-state index is 0.717. The van der Waals surface area contributed by atoms with Gasteiger partial charge < -0.3 is 0 Å². The van der Waals surface area contributed by atoms with Crippen LogP contribution in [0.1, 0.15) is 67.1 Å². The molecule has 1 saturated carbocycles. The number of rotatable bonds is 2. The van der Waals surface area contributed by atoms with Crippen molar-refractivity contribution in [3.05, 3.63) is 22.6 Å². The van der Waals surface area contributed by atoms with Crippen LogP contribution in [0.3, 0.4) is 0 Å². The Morgan fingerprint density at radius 1 is 1.17 bits per heavy atom. The van der Waals surface area contributed by atoms with Crippen molar-refractivity contribution in [2.24, 2.45) is 0 Å². The fourth-order valence-electron chi connectivity index (χ4n) is 3.88. The van der Waals surface area contributed by atoms with E-state index in [0.717, 1.165) is 36.1 Å². The van der Waals surface area contributed by atoms with Crippen LogP contribution in [0, 0.1) is 6.92 Å². The maximum atomic E-state index is 4.81. The summed E-state index contributed by atoms with van der Waals surface area (Å²) >= 11 is 0. The highest BCUT2D eigenvalue weighted by Crippen LogP contribution is 2.54. The first kappa shape index (κ1) is 10.5. The van der Waals surface area contributed by atoms with Gasteiger partial charge in [0.15, 0.2) is 11.5 Å². The molecule has 4 rings (SSSR count). The van der Waals surface area contributed by atoms with Gasteiger partial charge in [0.25, 0.3) is 0 Å². The lowest BCUT2D eigenvalue weighted by molar-refractivity contribution is 0.676. The van der Waals surface area contributed by atoms with Crippen LogP contribution >= 0.6 is 0 Å². The Bertz CT molecular complexity index is 628. The van der Waals surface area contributed by atoms with Crippen molar-refractivity contribution in [3.8, 4) is 0 Å². The molecule has 0 saturated heterocycles. The molecule has 0 radical (unpaired) electrons. The van der Waals surface area contributed by atoms with E-state index in [0.29, 0.717) is 0 Å². The third-order valence-electron chi connectivity index (χ3n) is 4.60. The molecule has 2 aliphatic carbocycles. The molecule has 1 fully saturated rings. The Hall–Kier alpha value is -1.45. The van der Waals surface area contributed by atoms with Crippen molar-refractivity contribution in [1.82, 2.24) is 19.8 Å². The maximum absolute atomic E-state index is 4.81. The third kappa shape index (κ3) is 1.18. The number of hydrogen-bond acceptors (Lipinski definition) is 3. The molecular weight excluding hydrogens is 224 g/mol. The third-order valence-corrected chi connectivity index (χ3v) is 4.60. The number of aromatic nitrogens is 4. The standard InChI is InChI=1S/C14H18N4/c1-3-4-11-12-9-5-6-10(7-9)13(12)14-16-15-8(2)18(14)17-11/h9-10H,3-7H2,1-2H3. The second-order valence-corrected chi connectivity index (χ2v) is 5.71. The highest BCUT2D eigenvalue weighted by atomic mass is 15.4. The molecule has 0 aromatic carbocycles. The molecule has 2 bridgehead atoms. The number of fused-ring (bicyclic) bond motifs is 7. The molecule has 18 heavy (non-hydrogen) atoms. The zero-order chi connectivity index (χ0) is 12.3. The summed E-state index contributed by atoms with van der Waals surface area (Å²) in [5.74, 6) is 2.38. The summed E-state index contributed by atoms with van der Waals surface area (Å²) in [4.78, 5) is 0. The lowest BCUT2D eigenvalue weighted by atomic mass is 9.90. The molecule has 2 atom stereocenters. The summed E-state index contributed by atoms with van der Waals surface area (Å²) in [6.45, 7) is 4.22. The van der Waals surface area contributed by atoms with Gasteiger partial charge in [-0.3, -0.25) is 0 Å².